The predicted molar refractivity (Wildman–Crippen MR) is 487 cm³/mol. The van der Waals surface area contributed by atoms with E-state index in [4.69, 9.17) is 121 Å². The number of rotatable bonds is 55. The van der Waals surface area contributed by atoms with Gasteiger partial charge in [0.1, 0.15) is 104 Å². The van der Waals surface area contributed by atoms with Crippen LogP contribution in [0.4, 0.5) is 0 Å². The molecular formula is C89H126N6O42P3+. The topological polar surface area (TPSA) is 610 Å². The van der Waals surface area contributed by atoms with Gasteiger partial charge >= 0.3 is 49.0 Å². The van der Waals surface area contributed by atoms with Crippen molar-refractivity contribution in [1.82, 2.24) is 31.9 Å². The standard InChI is InChI=1S/C35H45N2O14P.C27H39N2O14P.C17H27N2O11P.C7H6O.CO2.2CH4/c1-4-28-31(32(49-35(41)25-9-7-6-8-10-25)34(48-28)36-27-15-16-29(38)37-33(27)40)51-52(42,47-22-21-45-20-19-44-18-17-43-3)50-26-13-11-24(12-14-26)23-46-30(39)5-2;1-3-23(32)39-17-18-4-6-19(7-5-18)42-44(35,40-15-14-38-13-12-37-11-10-36-2)43-25-21(16-30)41-27(24(25)33)28-20-8-9-22(31)29-26(20)34;1-24-4-5-25-6-7-26-8-9-27-31(23)29-14-12(10-20)28-17(15(14)30-31)18-11-2-3-13(21)19-16(11)22;1-6-2-4-7(8)5-3-6;2-1-3;;/h6-16,27-28,31-32,34,36H,4-5,17-23H2,1-3H3,(H,37,38,40);4-9,20-21,24-25,27-28,30,33H,3,10-17H2,1-2H3,(H,29,31,34);2-3,11-12,14-15,17-18,20H,4-10H2,1H3,(H,19,21,22);2-5H,1H2;;2*1H4/p+1/t27?,28-,31?,32?,34-,52?;20?,21-,24?,25?,27-,44?;11?,12-,14?,15?,17-,31?;;;;/m111..../s1. The lowest BCUT2D eigenvalue weighted by molar-refractivity contribution is -0.192. The van der Waals surface area contributed by atoms with Gasteiger partial charge in [0, 0.05) is 52.4 Å². The molecule has 0 saturated carbocycles. The highest BCUT2D eigenvalue weighted by molar-refractivity contribution is 7.49. The highest BCUT2D eigenvalue weighted by atomic mass is 31.2. The molecule has 9 N–H and O–H groups in total. The van der Waals surface area contributed by atoms with Crippen molar-refractivity contribution in [2.75, 3.05) is 153 Å². The molecule has 0 bridgehead atoms. The number of phosphoric acid groups is 3. The lowest BCUT2D eigenvalue weighted by Gasteiger charge is -2.29. The average Bonchev–Trinajstić information content (AvgIpc) is 1.60. The largest absolute Gasteiger partial charge is 1.00 e. The molecule has 7 aliphatic heterocycles. The van der Waals surface area contributed by atoms with Crippen molar-refractivity contribution >= 4 is 88.8 Å². The number of amides is 6. The summed E-state index contributed by atoms with van der Waals surface area (Å²) in [6.45, 7) is 11.8. The number of aliphatic hydroxyl groups is 3. The summed E-state index contributed by atoms with van der Waals surface area (Å²) < 4.78 is 172. The summed E-state index contributed by atoms with van der Waals surface area (Å²) in [5, 5.41) is 45.4. The van der Waals surface area contributed by atoms with Crippen LogP contribution in [0.15, 0.2) is 152 Å². The van der Waals surface area contributed by atoms with Crippen LogP contribution in [0.5, 0.6) is 11.5 Å². The Morgan fingerprint density at radius 1 is 0.479 bits per heavy atom. The minimum Gasteiger partial charge on any atom is -0.461 e. The molecule has 7 heterocycles. The Morgan fingerprint density at radius 3 is 1.26 bits per heavy atom. The third kappa shape index (κ3) is 42.4. The second-order valence-electron chi connectivity index (χ2n) is 29.4. The SMILES string of the molecule is C.C.C=C1C=CC(=O)C=C1.CCC(=O)OCc1ccc(OP(=O)(OCCOCCOCCOC)OC2C(O)[C@H](NC3C=CC(=O)NC3=O)O[C@@H]2CO)cc1.CCC(=O)OCc1ccc(OP(=O)(OCCOCCOCCOC)OC2C(OC(=O)c3ccccc3)[C@H](NC3C=CC(=O)NC3=O)O[C@@H]2CC)cc1.COCCOCCOCCOP1(=O)OC2C(O1)[C@@H](CO)O[C@H]2NC1C=CC(=O)NC1=O.O=C=O.[H+]. The fourth-order valence-corrected chi connectivity index (χ4v) is 16.8. The van der Waals surface area contributed by atoms with Crippen LogP contribution >= 0.6 is 23.5 Å². The van der Waals surface area contributed by atoms with Crippen molar-refractivity contribution in [3.8, 4) is 11.5 Å². The second kappa shape index (κ2) is 65.4. The number of phosphoric ester groups is 3. The van der Waals surface area contributed by atoms with E-state index in [2.05, 4.69) is 38.5 Å². The van der Waals surface area contributed by atoms with Gasteiger partial charge in [-0.3, -0.25) is 107 Å². The Labute approximate surface area is 810 Å². The van der Waals surface area contributed by atoms with Crippen LogP contribution in [0.2, 0.25) is 0 Å². The number of esters is 3. The number of benzene rings is 3. The summed E-state index contributed by atoms with van der Waals surface area (Å²) in [6.07, 6.45) is 1.49. The third-order valence-corrected chi connectivity index (χ3v) is 23.7. The lowest BCUT2D eigenvalue weighted by atomic mass is 10.1. The number of nitrogens with one attached hydrogen (secondary N) is 6. The number of ketones is 1. The van der Waals surface area contributed by atoms with Crippen molar-refractivity contribution in [2.24, 2.45) is 0 Å². The first-order valence-corrected chi connectivity index (χ1v) is 47.7. The molecule has 3 aromatic carbocycles. The maximum atomic E-state index is 14.5. The molecule has 0 aromatic heterocycles. The molecule has 140 heavy (non-hydrogen) atoms. The van der Waals surface area contributed by atoms with Crippen molar-refractivity contribution in [1.29, 1.82) is 0 Å². The maximum absolute atomic E-state index is 14.5. The minimum absolute atomic E-state index is 0. The van der Waals surface area contributed by atoms with E-state index in [1.54, 1.807) is 109 Å². The van der Waals surface area contributed by atoms with Crippen LogP contribution in [-0.2, 0) is 182 Å². The van der Waals surface area contributed by atoms with Gasteiger partial charge in [-0.05, 0) is 71.7 Å². The molecule has 6 amide bonds. The van der Waals surface area contributed by atoms with E-state index in [9.17, 15) is 77.0 Å². The molecule has 4 fully saturated rings. The van der Waals surface area contributed by atoms with E-state index in [0.717, 1.165) is 11.6 Å². The smallest absolute Gasteiger partial charge is 0.461 e. The van der Waals surface area contributed by atoms with Gasteiger partial charge in [0.25, 0.3) is 0 Å². The monoisotopic (exact) mass is 2040 g/mol. The van der Waals surface area contributed by atoms with Crippen LogP contribution in [0, 0.1) is 0 Å². The van der Waals surface area contributed by atoms with Crippen molar-refractivity contribution in [3.63, 3.8) is 0 Å². The van der Waals surface area contributed by atoms with E-state index in [0.29, 0.717) is 83.6 Å². The van der Waals surface area contributed by atoms with E-state index < -0.39 is 170 Å². The molecule has 12 unspecified atom stereocenters. The highest BCUT2D eigenvalue weighted by Crippen LogP contribution is 2.61. The van der Waals surface area contributed by atoms with Crippen molar-refractivity contribution in [2.45, 2.75) is 160 Å². The summed E-state index contributed by atoms with van der Waals surface area (Å²) in [5.41, 5.74) is 2.41. The Bertz CT molecular complexity index is 4690. The van der Waals surface area contributed by atoms with Gasteiger partial charge in [0.15, 0.2) is 11.9 Å². The van der Waals surface area contributed by atoms with Gasteiger partial charge < -0.3 is 95.4 Å². The zero-order valence-electron chi connectivity index (χ0n) is 77.4. The van der Waals surface area contributed by atoms with E-state index in [-0.39, 0.29) is 136 Å². The molecule has 0 radical (unpaired) electrons. The zero-order chi connectivity index (χ0) is 100. The minimum atomic E-state index is -4.55. The molecule has 3 aromatic rings. The molecule has 4 saturated heterocycles. The first kappa shape index (κ1) is 121. The normalized spacial score (nSPS) is 24.8. The Morgan fingerprint density at radius 2 is 0.857 bits per heavy atom. The number of hydrogen-bond donors (Lipinski definition) is 9. The zero-order valence-corrected chi connectivity index (χ0v) is 79.1. The molecule has 8 aliphatic rings. The van der Waals surface area contributed by atoms with Gasteiger partial charge in [-0.15, -0.1) is 0 Å². The van der Waals surface area contributed by atoms with Crippen LogP contribution in [0.3, 0.4) is 0 Å². The summed E-state index contributed by atoms with van der Waals surface area (Å²) in [6, 6.07) is 17.6. The third-order valence-electron chi connectivity index (χ3n) is 19.3. The average molecular weight is 2040 g/mol. The van der Waals surface area contributed by atoms with Crippen LogP contribution in [0.1, 0.15) is 77.8 Å². The molecule has 48 nitrogen and oxygen atoms in total. The Balaban J connectivity index is 0.000000422. The number of imide groups is 3. The first-order chi connectivity index (χ1) is 66.5. The second-order valence-corrected chi connectivity index (χ2v) is 34.0. The number of ether oxygens (including phenoxy) is 15. The summed E-state index contributed by atoms with van der Waals surface area (Å²) in [4.78, 5) is 134. The van der Waals surface area contributed by atoms with Gasteiger partial charge in [0.2, 0.25) is 35.4 Å². The van der Waals surface area contributed by atoms with Crippen LogP contribution < -0.4 is 40.9 Å². The van der Waals surface area contributed by atoms with Gasteiger partial charge in [-0.2, -0.15) is 9.59 Å². The van der Waals surface area contributed by atoms with Gasteiger partial charge in [0.05, 0.1) is 144 Å². The Kier molecular flexibility index (Phi) is 56.4. The number of hydrogen-bond acceptors (Lipinski definition) is 45. The van der Waals surface area contributed by atoms with E-state index in [1.165, 1.54) is 66.8 Å². The molecule has 51 heteroatoms. The van der Waals surface area contributed by atoms with E-state index in [1.807, 2.05) is 0 Å². The molecule has 1 aliphatic carbocycles. The molecule has 778 valence electrons. The van der Waals surface area contributed by atoms with E-state index >= 15 is 0 Å². The summed E-state index contributed by atoms with van der Waals surface area (Å²) in [5.74, 6) is -4.82. The molecular weight excluding hydrogens is 1920 g/mol. The molecule has 0 spiro atoms. The van der Waals surface area contributed by atoms with Crippen LogP contribution in [0.25, 0.3) is 0 Å². The lowest BCUT2D eigenvalue weighted by Crippen LogP contribution is -2.54. The highest BCUT2D eigenvalue weighted by Gasteiger charge is 2.59. The summed E-state index contributed by atoms with van der Waals surface area (Å²) in [7, 11) is -8.28. The van der Waals surface area contributed by atoms with Crippen molar-refractivity contribution in [3.05, 3.63) is 168 Å². The number of carbonyl (C=O) groups excluding carboxylic acids is 12. The predicted octanol–water partition coefficient (Wildman–Crippen LogP) is 3.70. The molecule has 18 atom stereocenters. The molecule has 11 rings (SSSR count). The Hall–Kier alpha value is -9.73. The quantitative estimate of drug-likeness (QED) is 0.0128. The maximum Gasteiger partial charge on any atom is 1.00 e. The number of carbonyl (C=O) groups is 10. The summed E-state index contributed by atoms with van der Waals surface area (Å²) >= 11 is 0. The van der Waals surface area contributed by atoms with Gasteiger partial charge in [-0.25, -0.2) is 18.5 Å². The number of methoxy groups -OCH3 is 3. The van der Waals surface area contributed by atoms with Crippen LogP contribution in [-0.4, -0.2) is 326 Å². The number of allylic oxidation sites excluding steroid dienone is 5. The number of aliphatic hydroxyl groups excluding tert-OH is 3. The van der Waals surface area contributed by atoms with Crippen molar-refractivity contribution < 1.29 is 200 Å². The fourth-order valence-electron chi connectivity index (χ4n) is 12.5. The number of fused-ring (bicyclic) bond motifs is 1. The van der Waals surface area contributed by atoms with Gasteiger partial charge in [-0.1, -0.05) is 115 Å². The first-order valence-electron chi connectivity index (χ1n) is 43.3. The fraction of sp³-hybridized carbons (Fsp3) is 0.539.